The molecule has 1 N–H and O–H groups in total. The van der Waals surface area contributed by atoms with Crippen LogP contribution in [0.15, 0.2) is 29.2 Å². The van der Waals surface area contributed by atoms with Gasteiger partial charge in [-0.25, -0.2) is 13.1 Å². The Morgan fingerprint density at radius 1 is 1.40 bits per heavy atom. The molecule has 1 aromatic carbocycles. The lowest BCUT2D eigenvalue weighted by Crippen LogP contribution is -2.29. The van der Waals surface area contributed by atoms with E-state index in [4.69, 9.17) is 11.6 Å². The van der Waals surface area contributed by atoms with Crippen molar-refractivity contribution >= 4 is 27.5 Å². The lowest BCUT2D eigenvalue weighted by Gasteiger charge is -2.06. The molecule has 82 valence electrons. The van der Waals surface area contributed by atoms with E-state index in [1.807, 2.05) is 4.72 Å². The van der Waals surface area contributed by atoms with Gasteiger partial charge in [0, 0.05) is 6.42 Å². The maximum Gasteiger partial charge on any atom is 0.265 e. The molecule has 0 aliphatic rings. The number of carbonyl (C=O) groups is 1. The topological polar surface area (TPSA) is 63.2 Å². The first-order valence-electron chi connectivity index (χ1n) is 4.27. The number of sulfonamides is 1. The molecule has 15 heavy (non-hydrogen) atoms. The van der Waals surface area contributed by atoms with Crippen LogP contribution in [0.2, 0.25) is 5.02 Å². The second-order valence-electron chi connectivity index (χ2n) is 2.81. The van der Waals surface area contributed by atoms with Crippen molar-refractivity contribution in [1.29, 1.82) is 0 Å². The van der Waals surface area contributed by atoms with Gasteiger partial charge < -0.3 is 0 Å². The van der Waals surface area contributed by atoms with Gasteiger partial charge in [0.05, 0.1) is 5.02 Å². The van der Waals surface area contributed by atoms with E-state index in [0.717, 1.165) is 0 Å². The van der Waals surface area contributed by atoms with Crippen LogP contribution in [0.25, 0.3) is 0 Å². The van der Waals surface area contributed by atoms with Crippen LogP contribution >= 0.6 is 11.6 Å². The molecule has 0 heterocycles. The first-order valence-corrected chi connectivity index (χ1v) is 6.13. The van der Waals surface area contributed by atoms with E-state index >= 15 is 0 Å². The van der Waals surface area contributed by atoms with Crippen LogP contribution in [0.1, 0.15) is 13.3 Å². The fourth-order valence-corrected chi connectivity index (χ4v) is 2.52. The molecule has 1 rings (SSSR count). The summed E-state index contributed by atoms with van der Waals surface area (Å²) in [5.74, 6) is -0.560. The Bertz CT molecular complexity index is 470. The van der Waals surface area contributed by atoms with E-state index in [2.05, 4.69) is 0 Å². The highest BCUT2D eigenvalue weighted by Crippen LogP contribution is 2.19. The third kappa shape index (κ3) is 2.94. The van der Waals surface area contributed by atoms with Gasteiger partial charge in [-0.1, -0.05) is 30.7 Å². The van der Waals surface area contributed by atoms with E-state index in [1.54, 1.807) is 13.0 Å². The third-order valence-electron chi connectivity index (χ3n) is 1.70. The average molecular weight is 248 g/mol. The van der Waals surface area contributed by atoms with Crippen molar-refractivity contribution in [2.45, 2.75) is 18.2 Å². The summed E-state index contributed by atoms with van der Waals surface area (Å²) >= 11 is 5.70. The molecule has 0 aliphatic carbocycles. The van der Waals surface area contributed by atoms with Crippen LogP contribution in [0.3, 0.4) is 0 Å². The number of benzene rings is 1. The van der Waals surface area contributed by atoms with Crippen LogP contribution in [-0.4, -0.2) is 14.3 Å². The summed E-state index contributed by atoms with van der Waals surface area (Å²) in [7, 11) is -3.83. The predicted molar refractivity (Wildman–Crippen MR) is 57.1 cm³/mol. The van der Waals surface area contributed by atoms with Crippen LogP contribution in [0, 0.1) is 0 Å². The summed E-state index contributed by atoms with van der Waals surface area (Å²) in [6.07, 6.45) is 0.101. The Labute approximate surface area is 93.3 Å². The third-order valence-corrected chi connectivity index (χ3v) is 3.57. The molecule has 0 saturated heterocycles. The Morgan fingerprint density at radius 3 is 2.53 bits per heavy atom. The van der Waals surface area contributed by atoms with Gasteiger partial charge in [0.2, 0.25) is 5.91 Å². The Balaban J connectivity index is 3.07. The van der Waals surface area contributed by atoms with Gasteiger partial charge in [0.1, 0.15) is 4.90 Å². The van der Waals surface area contributed by atoms with Gasteiger partial charge in [-0.15, -0.1) is 0 Å². The highest BCUT2D eigenvalue weighted by atomic mass is 35.5. The number of carbonyl (C=O) groups excluding carboxylic acids is 1. The maximum atomic E-state index is 11.6. The van der Waals surface area contributed by atoms with Crippen molar-refractivity contribution in [3.05, 3.63) is 29.3 Å². The van der Waals surface area contributed by atoms with E-state index in [1.165, 1.54) is 18.2 Å². The molecule has 1 aromatic rings. The number of halogens is 1. The molecule has 0 bridgehead atoms. The highest BCUT2D eigenvalue weighted by Gasteiger charge is 2.18. The van der Waals surface area contributed by atoms with Crippen molar-refractivity contribution in [2.75, 3.05) is 0 Å². The van der Waals surface area contributed by atoms with Gasteiger partial charge in [-0.2, -0.15) is 0 Å². The molecular weight excluding hydrogens is 238 g/mol. The Morgan fingerprint density at radius 2 is 2.00 bits per heavy atom. The van der Waals surface area contributed by atoms with Crippen LogP contribution in [0.4, 0.5) is 0 Å². The lowest BCUT2D eigenvalue weighted by molar-refractivity contribution is -0.119. The number of hydrogen-bond donors (Lipinski definition) is 1. The van der Waals surface area contributed by atoms with Crippen LogP contribution < -0.4 is 4.72 Å². The average Bonchev–Trinajstić information content (AvgIpc) is 2.17. The summed E-state index contributed by atoms with van der Waals surface area (Å²) in [6, 6.07) is 5.94. The van der Waals surface area contributed by atoms with Crippen molar-refractivity contribution in [1.82, 2.24) is 4.72 Å². The zero-order chi connectivity index (χ0) is 11.5. The molecular formula is C9H10ClNO3S. The van der Waals surface area contributed by atoms with Crippen molar-refractivity contribution in [3.63, 3.8) is 0 Å². The van der Waals surface area contributed by atoms with Gasteiger partial charge in [-0.05, 0) is 12.1 Å². The molecule has 0 aromatic heterocycles. The molecule has 0 atom stereocenters. The standard InChI is InChI=1S/C9H10ClNO3S/c1-2-9(12)11-15(13,14)8-6-4-3-5-7(8)10/h3-6H,2H2,1H3,(H,11,12). The smallest absolute Gasteiger partial charge is 0.265 e. The molecule has 0 aliphatic heterocycles. The zero-order valence-electron chi connectivity index (χ0n) is 8.03. The fourth-order valence-electron chi connectivity index (χ4n) is 0.940. The minimum Gasteiger partial charge on any atom is -0.274 e. The zero-order valence-corrected chi connectivity index (χ0v) is 9.60. The van der Waals surface area contributed by atoms with E-state index in [9.17, 15) is 13.2 Å². The summed E-state index contributed by atoms with van der Waals surface area (Å²) in [5, 5.41) is 0.0916. The van der Waals surface area contributed by atoms with Crippen molar-refractivity contribution in [3.8, 4) is 0 Å². The highest BCUT2D eigenvalue weighted by molar-refractivity contribution is 7.90. The molecule has 0 spiro atoms. The lowest BCUT2D eigenvalue weighted by atomic mass is 10.4. The van der Waals surface area contributed by atoms with Gasteiger partial charge in [0.15, 0.2) is 0 Å². The van der Waals surface area contributed by atoms with Crippen molar-refractivity contribution < 1.29 is 13.2 Å². The number of amides is 1. The van der Waals surface area contributed by atoms with E-state index < -0.39 is 15.9 Å². The summed E-state index contributed by atoms with van der Waals surface area (Å²) in [5.41, 5.74) is 0. The van der Waals surface area contributed by atoms with E-state index in [0.29, 0.717) is 0 Å². The summed E-state index contributed by atoms with van der Waals surface area (Å²) in [4.78, 5) is 10.9. The van der Waals surface area contributed by atoms with Gasteiger partial charge in [0.25, 0.3) is 10.0 Å². The normalized spacial score (nSPS) is 11.1. The molecule has 6 heteroatoms. The van der Waals surface area contributed by atoms with E-state index in [-0.39, 0.29) is 16.3 Å². The molecule has 0 unspecified atom stereocenters. The molecule has 1 amide bonds. The molecule has 4 nitrogen and oxygen atoms in total. The van der Waals surface area contributed by atoms with Gasteiger partial charge >= 0.3 is 0 Å². The number of rotatable bonds is 3. The minimum absolute atomic E-state index is 0.0894. The molecule has 0 radical (unpaired) electrons. The predicted octanol–water partition coefficient (Wildman–Crippen LogP) is 1.55. The number of hydrogen-bond acceptors (Lipinski definition) is 3. The maximum absolute atomic E-state index is 11.6. The van der Waals surface area contributed by atoms with Crippen LogP contribution in [-0.2, 0) is 14.8 Å². The minimum atomic E-state index is -3.83. The SMILES string of the molecule is CCC(=O)NS(=O)(=O)c1ccccc1Cl. The monoisotopic (exact) mass is 247 g/mol. The molecule has 0 saturated carbocycles. The second-order valence-corrected chi connectivity index (χ2v) is 4.87. The van der Waals surface area contributed by atoms with Gasteiger partial charge in [-0.3, -0.25) is 4.79 Å². The van der Waals surface area contributed by atoms with Crippen LogP contribution in [0.5, 0.6) is 0 Å². The Hall–Kier alpha value is -1.07. The Kier molecular flexibility index (Phi) is 3.71. The fraction of sp³-hybridized carbons (Fsp3) is 0.222. The number of nitrogens with one attached hydrogen (secondary N) is 1. The summed E-state index contributed by atoms with van der Waals surface area (Å²) in [6.45, 7) is 1.57. The first kappa shape index (κ1) is 12.0. The second kappa shape index (κ2) is 4.63. The quantitative estimate of drug-likeness (QED) is 0.882. The first-order chi connectivity index (χ1) is 6.97. The molecule has 0 fully saturated rings. The van der Waals surface area contributed by atoms with Crippen molar-refractivity contribution in [2.24, 2.45) is 0 Å². The summed E-state index contributed by atoms with van der Waals surface area (Å²) < 4.78 is 25.1. The largest absolute Gasteiger partial charge is 0.274 e.